The predicted molar refractivity (Wildman–Crippen MR) is 66.1 cm³/mol. The van der Waals surface area contributed by atoms with Crippen molar-refractivity contribution in [1.82, 2.24) is 0 Å². The lowest BCUT2D eigenvalue weighted by Gasteiger charge is -2.26. The van der Waals surface area contributed by atoms with Crippen molar-refractivity contribution in [2.75, 3.05) is 17.2 Å². The molecule has 82 valence electrons. The van der Waals surface area contributed by atoms with Gasteiger partial charge in [-0.2, -0.15) is 0 Å². The van der Waals surface area contributed by atoms with Gasteiger partial charge in [-0.05, 0) is 43.0 Å². The molecule has 0 atom stereocenters. The Bertz CT molecular complexity index is 312. The van der Waals surface area contributed by atoms with Gasteiger partial charge in [-0.25, -0.2) is 0 Å². The summed E-state index contributed by atoms with van der Waals surface area (Å²) in [4.78, 5) is 2.52. The molecule has 1 aliphatic rings. The second-order valence-corrected chi connectivity index (χ2v) is 4.87. The van der Waals surface area contributed by atoms with E-state index < -0.39 is 0 Å². The number of rotatable bonds is 4. The Morgan fingerprint density at radius 1 is 1.27 bits per heavy atom. The van der Waals surface area contributed by atoms with Gasteiger partial charge in [-0.15, -0.1) is 0 Å². The first-order chi connectivity index (χ1) is 7.16. The minimum atomic E-state index is 0.711. The van der Waals surface area contributed by atoms with Gasteiger partial charge >= 0.3 is 0 Å². The fraction of sp³-hybridized carbons (Fsp3) is 0.538. The summed E-state index contributed by atoms with van der Waals surface area (Å²) >= 11 is 0. The van der Waals surface area contributed by atoms with Crippen LogP contribution in [0.15, 0.2) is 24.3 Å². The summed E-state index contributed by atoms with van der Waals surface area (Å²) in [6.07, 6.45) is 2.69. The third-order valence-electron chi connectivity index (χ3n) is 2.77. The van der Waals surface area contributed by atoms with Crippen LogP contribution in [0.4, 0.5) is 11.4 Å². The summed E-state index contributed by atoms with van der Waals surface area (Å²) < 4.78 is 0. The molecule has 1 saturated carbocycles. The molecule has 0 bridgehead atoms. The first-order valence-corrected chi connectivity index (χ1v) is 5.79. The van der Waals surface area contributed by atoms with Crippen LogP contribution in [0.1, 0.15) is 26.7 Å². The summed E-state index contributed by atoms with van der Waals surface area (Å²) in [6, 6.07) is 9.03. The average Bonchev–Trinajstić information content (AvgIpc) is 2.99. The van der Waals surface area contributed by atoms with Crippen LogP contribution >= 0.6 is 0 Å². The maximum Gasteiger partial charge on any atom is 0.0370 e. The molecule has 0 aromatic heterocycles. The van der Waals surface area contributed by atoms with Gasteiger partial charge in [-0.1, -0.05) is 13.8 Å². The third kappa shape index (κ3) is 2.65. The minimum Gasteiger partial charge on any atom is -0.399 e. The molecule has 2 N–H and O–H groups in total. The van der Waals surface area contributed by atoms with Gasteiger partial charge in [0.05, 0.1) is 0 Å². The molecule has 0 amide bonds. The standard InChI is InChI=1S/C13H20N2/c1-10(2)9-15(13-7-8-13)12-5-3-11(14)4-6-12/h3-6,10,13H,7-9,14H2,1-2H3. The van der Waals surface area contributed by atoms with Gasteiger partial charge in [-0.3, -0.25) is 0 Å². The highest BCUT2D eigenvalue weighted by atomic mass is 15.2. The van der Waals surface area contributed by atoms with Crippen LogP contribution in [0.25, 0.3) is 0 Å². The molecule has 1 aromatic rings. The summed E-state index contributed by atoms with van der Waals surface area (Å²) in [5.74, 6) is 0.711. The SMILES string of the molecule is CC(C)CN(c1ccc(N)cc1)C1CC1. The number of benzene rings is 1. The fourth-order valence-electron chi connectivity index (χ4n) is 1.91. The highest BCUT2D eigenvalue weighted by Gasteiger charge is 2.29. The van der Waals surface area contributed by atoms with E-state index in [2.05, 4.69) is 30.9 Å². The van der Waals surface area contributed by atoms with Crippen LogP contribution < -0.4 is 10.6 Å². The molecule has 0 unspecified atom stereocenters. The van der Waals surface area contributed by atoms with Crippen LogP contribution in [-0.4, -0.2) is 12.6 Å². The van der Waals surface area contributed by atoms with E-state index in [1.165, 1.54) is 18.5 Å². The molecule has 15 heavy (non-hydrogen) atoms. The first-order valence-electron chi connectivity index (χ1n) is 5.79. The van der Waals surface area contributed by atoms with E-state index in [0.29, 0.717) is 5.92 Å². The van der Waals surface area contributed by atoms with Crippen LogP contribution in [0.2, 0.25) is 0 Å². The van der Waals surface area contributed by atoms with Crippen molar-refractivity contribution >= 4 is 11.4 Å². The van der Waals surface area contributed by atoms with Gasteiger partial charge in [0.15, 0.2) is 0 Å². The number of nitrogens with zero attached hydrogens (tertiary/aromatic N) is 1. The molecule has 1 aromatic carbocycles. The van der Waals surface area contributed by atoms with Gasteiger partial charge in [0.2, 0.25) is 0 Å². The Hall–Kier alpha value is -1.18. The Kier molecular flexibility index (Phi) is 2.85. The predicted octanol–water partition coefficient (Wildman–Crippen LogP) is 2.89. The second kappa shape index (κ2) is 4.13. The number of nitrogen functional groups attached to an aromatic ring is 1. The van der Waals surface area contributed by atoms with Crippen molar-refractivity contribution in [2.24, 2.45) is 5.92 Å². The monoisotopic (exact) mass is 204 g/mol. The van der Waals surface area contributed by atoms with E-state index in [1.54, 1.807) is 0 Å². The van der Waals surface area contributed by atoms with Crippen LogP contribution in [0.5, 0.6) is 0 Å². The zero-order valence-corrected chi connectivity index (χ0v) is 9.61. The lowest BCUT2D eigenvalue weighted by atomic mass is 10.2. The van der Waals surface area contributed by atoms with Gasteiger partial charge in [0, 0.05) is 24.0 Å². The molecular formula is C13H20N2. The van der Waals surface area contributed by atoms with Gasteiger partial charge in [0.1, 0.15) is 0 Å². The number of hydrogen-bond donors (Lipinski definition) is 1. The molecule has 1 aliphatic carbocycles. The lowest BCUT2D eigenvalue weighted by molar-refractivity contribution is 0.607. The molecule has 0 spiro atoms. The number of hydrogen-bond acceptors (Lipinski definition) is 2. The Morgan fingerprint density at radius 3 is 2.33 bits per heavy atom. The Balaban J connectivity index is 2.13. The Morgan fingerprint density at radius 2 is 1.87 bits per heavy atom. The average molecular weight is 204 g/mol. The molecule has 0 heterocycles. The van der Waals surface area contributed by atoms with E-state index in [1.807, 2.05) is 12.1 Å². The second-order valence-electron chi connectivity index (χ2n) is 4.87. The quantitative estimate of drug-likeness (QED) is 0.764. The van der Waals surface area contributed by atoms with Crippen LogP contribution in [0, 0.1) is 5.92 Å². The van der Waals surface area contributed by atoms with E-state index in [9.17, 15) is 0 Å². The van der Waals surface area contributed by atoms with Gasteiger partial charge in [0.25, 0.3) is 0 Å². The molecule has 1 fully saturated rings. The number of anilines is 2. The zero-order valence-electron chi connectivity index (χ0n) is 9.61. The van der Waals surface area contributed by atoms with E-state index in [0.717, 1.165) is 18.3 Å². The smallest absolute Gasteiger partial charge is 0.0370 e. The molecule has 0 aliphatic heterocycles. The highest BCUT2D eigenvalue weighted by Crippen LogP contribution is 2.32. The zero-order chi connectivity index (χ0) is 10.8. The van der Waals surface area contributed by atoms with Crippen molar-refractivity contribution in [3.8, 4) is 0 Å². The Labute approximate surface area is 92.1 Å². The summed E-state index contributed by atoms with van der Waals surface area (Å²) in [6.45, 7) is 5.69. The molecule has 2 heteroatoms. The summed E-state index contributed by atoms with van der Waals surface area (Å²) in [5, 5.41) is 0. The van der Waals surface area contributed by atoms with Crippen molar-refractivity contribution in [3.05, 3.63) is 24.3 Å². The van der Waals surface area contributed by atoms with Crippen LogP contribution in [0.3, 0.4) is 0 Å². The summed E-state index contributed by atoms with van der Waals surface area (Å²) in [7, 11) is 0. The van der Waals surface area contributed by atoms with Crippen molar-refractivity contribution in [2.45, 2.75) is 32.7 Å². The third-order valence-corrected chi connectivity index (χ3v) is 2.77. The summed E-state index contributed by atoms with van der Waals surface area (Å²) in [5.41, 5.74) is 7.87. The van der Waals surface area contributed by atoms with E-state index >= 15 is 0 Å². The van der Waals surface area contributed by atoms with Crippen molar-refractivity contribution in [3.63, 3.8) is 0 Å². The number of nitrogens with two attached hydrogens (primary N) is 1. The molecule has 0 saturated heterocycles. The fourth-order valence-corrected chi connectivity index (χ4v) is 1.91. The van der Waals surface area contributed by atoms with Gasteiger partial charge < -0.3 is 10.6 Å². The first kappa shape index (κ1) is 10.3. The normalized spacial score (nSPS) is 15.7. The maximum absolute atomic E-state index is 5.70. The maximum atomic E-state index is 5.70. The van der Waals surface area contributed by atoms with Crippen molar-refractivity contribution in [1.29, 1.82) is 0 Å². The van der Waals surface area contributed by atoms with Crippen molar-refractivity contribution < 1.29 is 0 Å². The van der Waals surface area contributed by atoms with Crippen LogP contribution in [-0.2, 0) is 0 Å². The molecule has 0 radical (unpaired) electrons. The largest absolute Gasteiger partial charge is 0.399 e. The van der Waals surface area contributed by atoms with E-state index in [4.69, 9.17) is 5.73 Å². The molecule has 2 nitrogen and oxygen atoms in total. The topological polar surface area (TPSA) is 29.3 Å². The molecular weight excluding hydrogens is 184 g/mol. The minimum absolute atomic E-state index is 0.711. The lowest BCUT2D eigenvalue weighted by Crippen LogP contribution is -2.29. The molecule has 2 rings (SSSR count). The highest BCUT2D eigenvalue weighted by molar-refractivity contribution is 5.54. The van der Waals surface area contributed by atoms with E-state index in [-0.39, 0.29) is 0 Å².